The van der Waals surface area contributed by atoms with Crippen molar-refractivity contribution in [1.82, 2.24) is 4.31 Å². The first-order chi connectivity index (χ1) is 16.3. The topological polar surface area (TPSA) is 75.3 Å². The van der Waals surface area contributed by atoms with Crippen molar-refractivity contribution in [2.45, 2.75) is 52.1 Å². The Morgan fingerprint density at radius 2 is 1.17 bits per heavy atom. The van der Waals surface area contributed by atoms with Gasteiger partial charge in [-0.05, 0) is 33.6 Å². The molecule has 3 aromatic rings. The van der Waals surface area contributed by atoms with Gasteiger partial charge in [0.15, 0.2) is 0 Å². The Labute approximate surface area is 231 Å². The third-order valence-corrected chi connectivity index (χ3v) is 7.38. The predicted molar refractivity (Wildman–Crippen MR) is 147 cm³/mol. The minimum absolute atomic E-state index is 0. The van der Waals surface area contributed by atoms with Gasteiger partial charge in [-0.2, -0.15) is 0 Å². The van der Waals surface area contributed by atoms with Crippen molar-refractivity contribution in [3.05, 3.63) is 125 Å². The monoisotopic (exact) mass is 594 g/mol. The zero-order chi connectivity index (χ0) is 24.6. The van der Waals surface area contributed by atoms with Crippen molar-refractivity contribution in [1.29, 1.82) is 0 Å². The molecule has 1 aliphatic heterocycles. The predicted octanol–water partition coefficient (Wildman–Crippen LogP) is 7.69. The van der Waals surface area contributed by atoms with Crippen LogP contribution in [0, 0.1) is 28.2 Å². The summed E-state index contributed by atoms with van der Waals surface area (Å²) in [7, 11) is -3.75. The van der Waals surface area contributed by atoms with E-state index >= 15 is 0 Å². The second kappa shape index (κ2) is 15.4. The van der Waals surface area contributed by atoms with Gasteiger partial charge in [-0.25, -0.2) is 12.7 Å². The molecule has 0 amide bonds. The first-order valence-corrected chi connectivity index (χ1v) is 13.2. The summed E-state index contributed by atoms with van der Waals surface area (Å²) in [5, 5.41) is 0. The zero-order valence-electron chi connectivity index (χ0n) is 21.7. The van der Waals surface area contributed by atoms with Crippen molar-refractivity contribution in [2.24, 2.45) is 0 Å². The van der Waals surface area contributed by atoms with E-state index in [1.807, 2.05) is 60.7 Å². The quantitative estimate of drug-likeness (QED) is 0.217. The van der Waals surface area contributed by atoms with Crippen LogP contribution in [0.15, 0.2) is 78.9 Å². The van der Waals surface area contributed by atoms with Gasteiger partial charge in [0.2, 0.25) is 0 Å². The number of nitrogens with zero attached hydrogens (tertiary/aromatic N) is 2. The minimum atomic E-state index is -3.75. The van der Waals surface area contributed by atoms with Crippen LogP contribution in [0.4, 0.5) is 0 Å². The average molecular weight is 594 g/mol. The van der Waals surface area contributed by atoms with Crippen LogP contribution in [0.3, 0.4) is 0 Å². The smallest absolute Gasteiger partial charge is 0.672 e. The summed E-state index contributed by atoms with van der Waals surface area (Å²) in [6.45, 7) is 7.41. The first-order valence-electron chi connectivity index (χ1n) is 11.8. The second-order valence-corrected chi connectivity index (χ2v) is 10.6. The molecule has 5 nitrogen and oxygen atoms in total. The van der Waals surface area contributed by atoms with E-state index in [-0.39, 0.29) is 26.9 Å². The van der Waals surface area contributed by atoms with Crippen LogP contribution < -0.4 is 0 Å². The fourth-order valence-electron chi connectivity index (χ4n) is 4.32. The summed E-state index contributed by atoms with van der Waals surface area (Å²) in [6.07, 6.45) is 2.79. The minimum Gasteiger partial charge on any atom is -0.672 e. The molecule has 4 rings (SSSR count). The van der Waals surface area contributed by atoms with Gasteiger partial charge in [0, 0.05) is 13.1 Å². The molecule has 1 saturated heterocycles. The van der Waals surface area contributed by atoms with E-state index in [1.54, 1.807) is 0 Å². The Bertz CT molecular complexity index is 1090. The van der Waals surface area contributed by atoms with Crippen LogP contribution in [-0.2, 0) is 29.7 Å². The van der Waals surface area contributed by atoms with Crippen LogP contribution in [0.25, 0.3) is 10.5 Å². The van der Waals surface area contributed by atoms with Gasteiger partial charge < -0.3 is 17.9 Å². The summed E-state index contributed by atoms with van der Waals surface area (Å²) in [5.74, 6) is 0. The van der Waals surface area contributed by atoms with Gasteiger partial charge in [0.1, 0.15) is 10.2 Å². The summed E-state index contributed by atoms with van der Waals surface area (Å²) in [4.78, 5) is 0. The third-order valence-electron chi connectivity index (χ3n) is 5.87. The molecular formula is C29H38N3O2RuS. The largest absolute Gasteiger partial charge is 3.00 e. The van der Waals surface area contributed by atoms with Gasteiger partial charge >= 0.3 is 19.5 Å². The maximum atomic E-state index is 12.8. The molecule has 0 spiro atoms. The number of nitrogens with one attached hydrogen (secondary N) is 1. The Morgan fingerprint density at radius 1 is 0.750 bits per heavy atom. The van der Waals surface area contributed by atoms with E-state index in [9.17, 15) is 8.42 Å². The molecule has 7 heteroatoms. The maximum Gasteiger partial charge on any atom is 3.00 e. The fourth-order valence-corrected chi connectivity index (χ4v) is 5.70. The molecule has 0 bridgehead atoms. The number of hydrogen-bond acceptors (Lipinski definition) is 2. The SMILES string of the molecule is Cc1cc(C)cc(C)c1.[CH3-].[NH-][C@@H](c1ccccc1)[C@@H]([N-]S(=O)(=O)N1CCCCC1)c1ccccc1.[Ru+3]. The normalized spacial score (nSPS) is 15.3. The zero-order valence-corrected chi connectivity index (χ0v) is 24.2. The molecule has 195 valence electrons. The van der Waals surface area contributed by atoms with E-state index in [1.165, 1.54) is 21.0 Å². The van der Waals surface area contributed by atoms with Crippen molar-refractivity contribution in [3.63, 3.8) is 0 Å². The third kappa shape index (κ3) is 9.53. The standard InChI is InChI=1S/C19H23N3O2S.C9H12.CH3.Ru/c20-18(16-10-4-1-5-11-16)19(17-12-6-2-7-13-17)21-25(23,24)22-14-8-3-9-15-22;1-7-4-8(2)6-9(3)5-7;;/h1-2,4-7,10-13,18-20H,3,8-9,14-15H2;4-6H,1-3H3;1H3;/q-2;;-1;+3/t18-,19-;;;/m0.../s1. The molecule has 1 heterocycles. The summed E-state index contributed by atoms with van der Waals surface area (Å²) in [5.41, 5.74) is 14.2. The molecule has 1 radical (unpaired) electrons. The van der Waals surface area contributed by atoms with Gasteiger partial charge in [-0.1, -0.05) is 113 Å². The molecule has 1 N–H and O–H groups in total. The molecule has 0 unspecified atom stereocenters. The summed E-state index contributed by atoms with van der Waals surface area (Å²) < 4.78 is 31.2. The van der Waals surface area contributed by atoms with E-state index in [0.29, 0.717) is 13.1 Å². The number of aryl methyl sites for hydroxylation is 3. The van der Waals surface area contributed by atoms with Crippen molar-refractivity contribution in [3.8, 4) is 0 Å². The van der Waals surface area contributed by atoms with Crippen molar-refractivity contribution in [2.75, 3.05) is 13.1 Å². The number of hydrogen-bond donors (Lipinski definition) is 0. The molecule has 0 aliphatic carbocycles. The molecule has 36 heavy (non-hydrogen) atoms. The molecule has 2 atom stereocenters. The van der Waals surface area contributed by atoms with E-state index in [0.717, 1.165) is 30.4 Å². The molecule has 3 aromatic carbocycles. The Morgan fingerprint density at radius 3 is 1.61 bits per heavy atom. The molecule has 1 fully saturated rings. The number of benzene rings is 3. The number of rotatable bonds is 6. The van der Waals surface area contributed by atoms with Crippen LogP contribution in [0.5, 0.6) is 0 Å². The molecule has 0 saturated carbocycles. The van der Waals surface area contributed by atoms with Gasteiger partial charge in [0.05, 0.1) is 0 Å². The van der Waals surface area contributed by atoms with Crippen molar-refractivity contribution >= 4 is 10.2 Å². The number of piperidine rings is 1. The van der Waals surface area contributed by atoms with E-state index in [2.05, 4.69) is 43.7 Å². The Balaban J connectivity index is 0.000000502. The Hall–Kier alpha value is -1.89. The van der Waals surface area contributed by atoms with Crippen LogP contribution in [0.1, 0.15) is 59.2 Å². The van der Waals surface area contributed by atoms with Crippen LogP contribution in [-0.4, -0.2) is 25.8 Å². The first kappa shape index (κ1) is 32.1. The Kier molecular flexibility index (Phi) is 13.7. The van der Waals surface area contributed by atoms with Gasteiger partial charge in [-0.15, -0.1) is 12.1 Å². The van der Waals surface area contributed by atoms with Gasteiger partial charge in [-0.3, -0.25) is 0 Å². The second-order valence-electron chi connectivity index (χ2n) is 8.95. The van der Waals surface area contributed by atoms with Gasteiger partial charge in [0.25, 0.3) is 0 Å². The van der Waals surface area contributed by atoms with Crippen LogP contribution >= 0.6 is 0 Å². The molecule has 1 aliphatic rings. The average Bonchev–Trinajstić information content (AvgIpc) is 2.83. The summed E-state index contributed by atoms with van der Waals surface area (Å²) in [6, 6.07) is 23.6. The van der Waals surface area contributed by atoms with E-state index in [4.69, 9.17) is 5.73 Å². The summed E-state index contributed by atoms with van der Waals surface area (Å²) >= 11 is 0. The van der Waals surface area contributed by atoms with E-state index < -0.39 is 22.3 Å². The van der Waals surface area contributed by atoms with Crippen LogP contribution in [0.2, 0.25) is 0 Å². The fraction of sp³-hybridized carbons (Fsp3) is 0.345. The molecule has 0 aromatic heterocycles. The maximum absolute atomic E-state index is 12.8. The molecular weight excluding hydrogens is 555 g/mol. The van der Waals surface area contributed by atoms with Crippen molar-refractivity contribution < 1.29 is 27.9 Å².